The number of hydrogen-bond donors (Lipinski definition) is 2. The Bertz CT molecular complexity index is 383. The third-order valence-corrected chi connectivity index (χ3v) is 2.32. The molecule has 0 aliphatic carbocycles. The molecule has 0 aromatic heterocycles. The van der Waals surface area contributed by atoms with Gasteiger partial charge in [0.05, 0.1) is 12.6 Å². The Hall–Kier alpha value is -1.38. The molecule has 0 heterocycles. The Balaban J connectivity index is 2.71. The predicted octanol–water partition coefficient (Wildman–Crippen LogP) is 1.69. The fourth-order valence-corrected chi connectivity index (χ4v) is 1.35. The molecule has 0 fully saturated rings. The van der Waals surface area contributed by atoms with Crippen molar-refractivity contribution in [3.05, 3.63) is 34.3 Å². The van der Waals surface area contributed by atoms with Gasteiger partial charge in [-0.3, -0.25) is 10.1 Å². The lowest BCUT2D eigenvalue weighted by atomic mass is 10.1. The molecular weight excluding hydrogens is 260 g/mol. The highest BCUT2D eigenvalue weighted by Gasteiger charge is 2.10. The van der Waals surface area contributed by atoms with Crippen LogP contribution in [0.5, 0.6) is 0 Å². The molecule has 5 heteroatoms. The van der Waals surface area contributed by atoms with Crippen LogP contribution in [0.1, 0.15) is 11.6 Å². The molecule has 0 aliphatic rings. The van der Waals surface area contributed by atoms with Gasteiger partial charge < -0.3 is 5.11 Å². The molecule has 1 aromatic carbocycles. The maximum absolute atomic E-state index is 10.3. The standard InChI is InChI=1S/C10H9BrN2O2/c11-8-3-1-7(2-4-8)9(5-12)13-6-10(14)15/h1-4,9,13H,6H2,(H,14,15). The van der Waals surface area contributed by atoms with Crippen molar-refractivity contribution < 1.29 is 9.90 Å². The third-order valence-electron chi connectivity index (χ3n) is 1.79. The van der Waals surface area contributed by atoms with Crippen molar-refractivity contribution in [2.45, 2.75) is 6.04 Å². The SMILES string of the molecule is N#CC(NCC(=O)O)c1ccc(Br)cc1. The van der Waals surface area contributed by atoms with Crippen molar-refractivity contribution in [2.24, 2.45) is 0 Å². The number of halogens is 1. The number of carboxylic acid groups (broad SMARTS) is 1. The smallest absolute Gasteiger partial charge is 0.317 e. The number of benzene rings is 1. The lowest BCUT2D eigenvalue weighted by Crippen LogP contribution is -2.26. The van der Waals surface area contributed by atoms with Gasteiger partial charge in [0.15, 0.2) is 0 Å². The van der Waals surface area contributed by atoms with E-state index in [9.17, 15) is 4.79 Å². The molecule has 4 nitrogen and oxygen atoms in total. The molecule has 0 radical (unpaired) electrons. The van der Waals surface area contributed by atoms with E-state index in [0.29, 0.717) is 0 Å². The molecular formula is C10H9BrN2O2. The van der Waals surface area contributed by atoms with Crippen molar-refractivity contribution in [1.82, 2.24) is 5.32 Å². The Kier molecular flexibility index (Phi) is 4.28. The Morgan fingerprint density at radius 3 is 2.60 bits per heavy atom. The van der Waals surface area contributed by atoms with Gasteiger partial charge in [-0.05, 0) is 17.7 Å². The quantitative estimate of drug-likeness (QED) is 0.872. The van der Waals surface area contributed by atoms with E-state index in [0.717, 1.165) is 10.0 Å². The highest BCUT2D eigenvalue weighted by atomic mass is 79.9. The largest absolute Gasteiger partial charge is 0.480 e. The first-order chi connectivity index (χ1) is 7.13. The summed E-state index contributed by atoms with van der Waals surface area (Å²) >= 11 is 3.28. The molecule has 0 spiro atoms. The molecule has 78 valence electrons. The molecule has 0 saturated heterocycles. The minimum absolute atomic E-state index is 0.228. The van der Waals surface area contributed by atoms with Crippen LogP contribution in [0, 0.1) is 11.3 Å². The van der Waals surface area contributed by atoms with Gasteiger partial charge in [0.1, 0.15) is 6.04 Å². The van der Waals surface area contributed by atoms with Gasteiger partial charge in [-0.2, -0.15) is 5.26 Å². The average Bonchev–Trinajstić information content (AvgIpc) is 2.21. The summed E-state index contributed by atoms with van der Waals surface area (Å²) in [6.07, 6.45) is 0. The topological polar surface area (TPSA) is 73.1 Å². The van der Waals surface area contributed by atoms with E-state index in [1.807, 2.05) is 18.2 Å². The van der Waals surface area contributed by atoms with Crippen LogP contribution < -0.4 is 5.32 Å². The van der Waals surface area contributed by atoms with E-state index >= 15 is 0 Å². The van der Waals surface area contributed by atoms with Gasteiger partial charge in [0.2, 0.25) is 0 Å². The Morgan fingerprint density at radius 2 is 2.13 bits per heavy atom. The van der Waals surface area contributed by atoms with E-state index in [1.165, 1.54) is 0 Å². The van der Waals surface area contributed by atoms with E-state index in [-0.39, 0.29) is 6.54 Å². The first-order valence-corrected chi connectivity index (χ1v) is 5.03. The summed E-state index contributed by atoms with van der Waals surface area (Å²) in [5, 5.41) is 19.9. The zero-order valence-electron chi connectivity index (χ0n) is 7.77. The molecule has 1 unspecified atom stereocenters. The number of hydrogen-bond acceptors (Lipinski definition) is 3. The predicted molar refractivity (Wildman–Crippen MR) is 58.1 cm³/mol. The van der Waals surface area contributed by atoms with Crippen molar-refractivity contribution in [3.8, 4) is 6.07 Å². The number of rotatable bonds is 4. The number of carbonyl (C=O) groups is 1. The van der Waals surface area contributed by atoms with E-state index < -0.39 is 12.0 Å². The summed E-state index contributed by atoms with van der Waals surface area (Å²) in [6.45, 7) is -0.228. The van der Waals surface area contributed by atoms with Gasteiger partial charge in [0.25, 0.3) is 0 Å². The number of aliphatic carboxylic acids is 1. The lowest BCUT2D eigenvalue weighted by Gasteiger charge is -2.09. The van der Waals surface area contributed by atoms with Crippen molar-refractivity contribution in [1.29, 1.82) is 5.26 Å². The van der Waals surface area contributed by atoms with Gasteiger partial charge in [-0.25, -0.2) is 0 Å². The third kappa shape index (κ3) is 3.70. The zero-order chi connectivity index (χ0) is 11.3. The molecule has 15 heavy (non-hydrogen) atoms. The highest BCUT2D eigenvalue weighted by Crippen LogP contribution is 2.16. The van der Waals surface area contributed by atoms with Gasteiger partial charge >= 0.3 is 5.97 Å². The van der Waals surface area contributed by atoms with E-state index in [4.69, 9.17) is 10.4 Å². The number of carboxylic acids is 1. The van der Waals surface area contributed by atoms with E-state index in [1.54, 1.807) is 12.1 Å². The van der Waals surface area contributed by atoms with Gasteiger partial charge in [-0.15, -0.1) is 0 Å². The second-order valence-corrected chi connectivity index (χ2v) is 3.80. The summed E-state index contributed by atoms with van der Waals surface area (Å²) < 4.78 is 0.918. The zero-order valence-corrected chi connectivity index (χ0v) is 9.36. The molecule has 1 rings (SSSR count). The minimum Gasteiger partial charge on any atom is -0.480 e. The van der Waals surface area contributed by atoms with Crippen LogP contribution in [0.3, 0.4) is 0 Å². The fraction of sp³-hybridized carbons (Fsp3) is 0.200. The monoisotopic (exact) mass is 268 g/mol. The highest BCUT2D eigenvalue weighted by molar-refractivity contribution is 9.10. The molecule has 1 aromatic rings. The number of nitrogens with one attached hydrogen (secondary N) is 1. The van der Waals surface area contributed by atoms with Gasteiger partial charge in [-0.1, -0.05) is 28.1 Å². The van der Waals surface area contributed by atoms with Crippen LogP contribution in [0.25, 0.3) is 0 Å². The lowest BCUT2D eigenvalue weighted by molar-refractivity contribution is -0.136. The van der Waals surface area contributed by atoms with Crippen LogP contribution in [-0.2, 0) is 4.79 Å². The summed E-state index contributed by atoms with van der Waals surface area (Å²) in [6, 6.07) is 8.57. The van der Waals surface area contributed by atoms with Crippen LogP contribution in [-0.4, -0.2) is 17.6 Å². The Morgan fingerprint density at radius 1 is 1.53 bits per heavy atom. The van der Waals surface area contributed by atoms with Crippen LogP contribution >= 0.6 is 15.9 Å². The molecule has 2 N–H and O–H groups in total. The normalized spacial score (nSPS) is 11.7. The maximum atomic E-state index is 10.3. The fourth-order valence-electron chi connectivity index (χ4n) is 1.08. The second kappa shape index (κ2) is 5.49. The number of nitrogens with zero attached hydrogens (tertiary/aromatic N) is 1. The first-order valence-electron chi connectivity index (χ1n) is 4.23. The van der Waals surface area contributed by atoms with Gasteiger partial charge in [0, 0.05) is 4.47 Å². The van der Waals surface area contributed by atoms with Crippen LogP contribution in [0.4, 0.5) is 0 Å². The summed E-state index contributed by atoms with van der Waals surface area (Å²) in [4.78, 5) is 10.3. The maximum Gasteiger partial charge on any atom is 0.317 e. The minimum atomic E-state index is -0.979. The number of nitriles is 1. The molecule has 0 saturated carbocycles. The first kappa shape index (κ1) is 11.7. The second-order valence-electron chi connectivity index (χ2n) is 2.89. The van der Waals surface area contributed by atoms with Crippen molar-refractivity contribution in [2.75, 3.05) is 6.54 Å². The summed E-state index contributed by atoms with van der Waals surface area (Å²) in [7, 11) is 0. The summed E-state index contributed by atoms with van der Waals surface area (Å²) in [5.74, 6) is -0.979. The van der Waals surface area contributed by atoms with E-state index in [2.05, 4.69) is 21.2 Å². The molecule has 0 bridgehead atoms. The molecule has 0 aliphatic heterocycles. The van der Waals surface area contributed by atoms with Crippen LogP contribution in [0.15, 0.2) is 28.7 Å². The Labute approximate surface area is 95.7 Å². The van der Waals surface area contributed by atoms with Crippen LogP contribution in [0.2, 0.25) is 0 Å². The molecule has 1 atom stereocenters. The average molecular weight is 269 g/mol. The van der Waals surface area contributed by atoms with Crippen molar-refractivity contribution >= 4 is 21.9 Å². The summed E-state index contributed by atoms with van der Waals surface area (Å²) in [5.41, 5.74) is 0.752. The molecule has 0 amide bonds. The van der Waals surface area contributed by atoms with Crippen molar-refractivity contribution in [3.63, 3.8) is 0 Å².